The second-order valence-corrected chi connectivity index (χ2v) is 6.60. The lowest BCUT2D eigenvalue weighted by Gasteiger charge is -2.05. The third kappa shape index (κ3) is 3.22. The molecule has 0 bridgehead atoms. The lowest BCUT2D eigenvalue weighted by Crippen LogP contribution is -2.06. The zero-order chi connectivity index (χ0) is 18.2. The number of pyridine rings is 1. The molecule has 0 saturated carbocycles. The summed E-state index contributed by atoms with van der Waals surface area (Å²) in [6.07, 6.45) is -3.84. The predicted molar refractivity (Wildman–Crippen MR) is 74.4 cm³/mol. The standard InChI is InChI=1S/C14H7F4N3O3S/c15-9-3-1-2-4-10(9)25(22,23)11-6-5-8(7-19-11)12-20-13(24-21-12)14(16,17)18/h1-7H. The van der Waals surface area contributed by atoms with E-state index in [4.69, 9.17) is 0 Å². The summed E-state index contributed by atoms with van der Waals surface area (Å²) in [5.41, 5.74) is 0.00623. The van der Waals surface area contributed by atoms with Gasteiger partial charge in [-0.15, -0.1) is 0 Å². The summed E-state index contributed by atoms with van der Waals surface area (Å²) in [6.45, 7) is 0. The van der Waals surface area contributed by atoms with Gasteiger partial charge in [0.2, 0.25) is 15.7 Å². The topological polar surface area (TPSA) is 86.0 Å². The molecular weight excluding hydrogens is 366 g/mol. The van der Waals surface area contributed by atoms with Gasteiger partial charge in [-0.2, -0.15) is 18.2 Å². The van der Waals surface area contributed by atoms with Crippen molar-refractivity contribution in [1.82, 2.24) is 15.1 Å². The van der Waals surface area contributed by atoms with Crippen LogP contribution in [0.15, 0.2) is 57.0 Å². The molecule has 0 aliphatic rings. The Morgan fingerprint density at radius 1 is 1.04 bits per heavy atom. The van der Waals surface area contributed by atoms with Crippen molar-refractivity contribution in [1.29, 1.82) is 0 Å². The van der Waals surface area contributed by atoms with Crippen LogP contribution in [0.5, 0.6) is 0 Å². The van der Waals surface area contributed by atoms with Crippen molar-refractivity contribution in [3.05, 3.63) is 54.3 Å². The first-order valence-electron chi connectivity index (χ1n) is 6.56. The number of hydrogen-bond donors (Lipinski definition) is 0. The summed E-state index contributed by atoms with van der Waals surface area (Å²) >= 11 is 0. The minimum absolute atomic E-state index is 0.00623. The van der Waals surface area contributed by atoms with E-state index < -0.39 is 43.5 Å². The van der Waals surface area contributed by atoms with Crippen molar-refractivity contribution in [3.63, 3.8) is 0 Å². The zero-order valence-electron chi connectivity index (χ0n) is 12.0. The minimum Gasteiger partial charge on any atom is -0.329 e. The summed E-state index contributed by atoms with van der Waals surface area (Å²) in [5.74, 6) is -2.89. The van der Waals surface area contributed by atoms with E-state index in [0.29, 0.717) is 0 Å². The molecule has 0 aliphatic heterocycles. The van der Waals surface area contributed by atoms with E-state index in [9.17, 15) is 26.0 Å². The molecule has 0 atom stereocenters. The fourth-order valence-corrected chi connectivity index (χ4v) is 3.15. The SMILES string of the molecule is O=S(=O)(c1ccc(-c2noc(C(F)(F)F)n2)cn1)c1ccccc1F. The number of sulfone groups is 1. The molecule has 130 valence electrons. The monoisotopic (exact) mass is 373 g/mol. The second-order valence-electron chi connectivity index (χ2n) is 4.74. The molecule has 3 rings (SSSR count). The number of hydrogen-bond acceptors (Lipinski definition) is 6. The van der Waals surface area contributed by atoms with Crippen LogP contribution in [0.25, 0.3) is 11.4 Å². The van der Waals surface area contributed by atoms with Gasteiger partial charge in [-0.1, -0.05) is 17.3 Å². The average molecular weight is 373 g/mol. The van der Waals surface area contributed by atoms with Crippen LogP contribution in [0.4, 0.5) is 17.6 Å². The van der Waals surface area contributed by atoms with Crippen molar-refractivity contribution >= 4 is 9.84 Å². The molecule has 6 nitrogen and oxygen atoms in total. The Hall–Kier alpha value is -2.82. The fraction of sp³-hybridized carbons (Fsp3) is 0.0714. The van der Waals surface area contributed by atoms with Crippen molar-refractivity contribution < 1.29 is 30.5 Å². The molecule has 0 fully saturated rings. The Morgan fingerprint density at radius 2 is 1.76 bits per heavy atom. The molecule has 0 N–H and O–H groups in total. The number of nitrogens with zero attached hydrogens (tertiary/aromatic N) is 3. The Bertz CT molecular complexity index is 1010. The quantitative estimate of drug-likeness (QED) is 0.656. The van der Waals surface area contributed by atoms with E-state index in [-0.39, 0.29) is 5.56 Å². The maximum atomic E-state index is 13.7. The minimum atomic E-state index is -4.80. The van der Waals surface area contributed by atoms with E-state index in [2.05, 4.69) is 19.6 Å². The first kappa shape index (κ1) is 17.0. The summed E-state index contributed by atoms with van der Waals surface area (Å²) in [4.78, 5) is 6.26. The molecule has 0 radical (unpaired) electrons. The van der Waals surface area contributed by atoms with E-state index in [0.717, 1.165) is 30.5 Å². The summed E-state index contributed by atoms with van der Waals surface area (Å²) in [5, 5.41) is 2.69. The Labute approximate surface area is 138 Å². The van der Waals surface area contributed by atoms with Crippen LogP contribution in [0.2, 0.25) is 0 Å². The van der Waals surface area contributed by atoms with Crippen LogP contribution < -0.4 is 0 Å². The molecule has 1 aromatic carbocycles. The van der Waals surface area contributed by atoms with Crippen LogP contribution >= 0.6 is 0 Å². The van der Waals surface area contributed by atoms with Gasteiger partial charge in [-0.25, -0.2) is 17.8 Å². The van der Waals surface area contributed by atoms with Gasteiger partial charge in [0.25, 0.3) is 0 Å². The van der Waals surface area contributed by atoms with E-state index in [1.807, 2.05) is 0 Å². The maximum absolute atomic E-state index is 13.7. The van der Waals surface area contributed by atoms with Crippen molar-refractivity contribution in [2.45, 2.75) is 16.1 Å². The van der Waals surface area contributed by atoms with Crippen LogP contribution in [0.1, 0.15) is 5.89 Å². The molecule has 0 unspecified atom stereocenters. The summed E-state index contributed by atoms with van der Waals surface area (Å²) in [6, 6.07) is 6.91. The van der Waals surface area contributed by atoms with Gasteiger partial charge < -0.3 is 4.52 Å². The largest absolute Gasteiger partial charge is 0.471 e. The lowest BCUT2D eigenvalue weighted by molar-refractivity contribution is -0.159. The fourth-order valence-electron chi connectivity index (χ4n) is 1.90. The second kappa shape index (κ2) is 5.92. The highest BCUT2D eigenvalue weighted by Crippen LogP contribution is 2.29. The van der Waals surface area contributed by atoms with Gasteiger partial charge in [0.15, 0.2) is 5.03 Å². The molecule has 3 aromatic rings. The van der Waals surface area contributed by atoms with Gasteiger partial charge in [0, 0.05) is 11.8 Å². The van der Waals surface area contributed by atoms with E-state index in [1.165, 1.54) is 12.1 Å². The maximum Gasteiger partial charge on any atom is 0.471 e. The number of halogens is 4. The number of alkyl halides is 3. The van der Waals surface area contributed by atoms with E-state index >= 15 is 0 Å². The van der Waals surface area contributed by atoms with Crippen LogP contribution in [-0.4, -0.2) is 23.5 Å². The van der Waals surface area contributed by atoms with Crippen molar-refractivity contribution in [2.24, 2.45) is 0 Å². The van der Waals surface area contributed by atoms with Gasteiger partial charge >= 0.3 is 12.1 Å². The van der Waals surface area contributed by atoms with Crippen LogP contribution in [0.3, 0.4) is 0 Å². The molecule has 2 heterocycles. The molecule has 25 heavy (non-hydrogen) atoms. The van der Waals surface area contributed by atoms with Gasteiger partial charge in [0.1, 0.15) is 10.7 Å². The first-order valence-corrected chi connectivity index (χ1v) is 8.05. The van der Waals surface area contributed by atoms with Crippen molar-refractivity contribution in [2.75, 3.05) is 0 Å². The van der Waals surface area contributed by atoms with E-state index in [1.54, 1.807) is 0 Å². The van der Waals surface area contributed by atoms with Gasteiger partial charge in [0.05, 0.1) is 0 Å². The Kier molecular flexibility index (Phi) is 4.03. The normalized spacial score (nSPS) is 12.3. The van der Waals surface area contributed by atoms with Crippen molar-refractivity contribution in [3.8, 4) is 11.4 Å². The average Bonchev–Trinajstić information content (AvgIpc) is 3.05. The molecule has 0 spiro atoms. The highest BCUT2D eigenvalue weighted by Gasteiger charge is 2.38. The lowest BCUT2D eigenvalue weighted by atomic mass is 10.3. The number of aromatic nitrogens is 3. The molecule has 0 saturated heterocycles. The molecule has 11 heteroatoms. The smallest absolute Gasteiger partial charge is 0.329 e. The Morgan fingerprint density at radius 3 is 2.32 bits per heavy atom. The van der Waals surface area contributed by atoms with Gasteiger partial charge in [-0.05, 0) is 24.3 Å². The molecule has 0 aliphatic carbocycles. The van der Waals surface area contributed by atoms with Gasteiger partial charge in [-0.3, -0.25) is 0 Å². The Balaban J connectivity index is 1.95. The van der Waals surface area contributed by atoms with Crippen LogP contribution in [-0.2, 0) is 16.0 Å². The number of rotatable bonds is 3. The third-order valence-corrected chi connectivity index (χ3v) is 4.77. The highest BCUT2D eigenvalue weighted by molar-refractivity contribution is 7.91. The zero-order valence-corrected chi connectivity index (χ0v) is 12.8. The predicted octanol–water partition coefficient (Wildman–Crippen LogP) is 3.12. The summed E-state index contributed by atoms with van der Waals surface area (Å²) < 4.78 is 79.8. The molecular formula is C14H7F4N3O3S. The molecule has 0 amide bonds. The summed E-state index contributed by atoms with van der Waals surface area (Å²) in [7, 11) is -4.22. The highest BCUT2D eigenvalue weighted by atomic mass is 32.2. The third-order valence-electron chi connectivity index (χ3n) is 3.06. The van der Waals surface area contributed by atoms with Crippen LogP contribution in [0, 0.1) is 5.82 Å². The first-order chi connectivity index (χ1) is 11.7. The molecule has 2 aromatic heterocycles. The number of benzene rings is 1.